The maximum Gasteiger partial charge on any atom is 0.293 e. The van der Waals surface area contributed by atoms with Gasteiger partial charge in [-0.1, -0.05) is 29.4 Å². The number of anilines is 2. The van der Waals surface area contributed by atoms with Crippen LogP contribution in [0.5, 0.6) is 0 Å². The van der Waals surface area contributed by atoms with Crippen LogP contribution in [0.3, 0.4) is 0 Å². The third kappa shape index (κ3) is 3.28. The Hall–Kier alpha value is -3.94. The lowest BCUT2D eigenvalue weighted by Crippen LogP contribution is -2.16. The van der Waals surface area contributed by atoms with Gasteiger partial charge in [0.25, 0.3) is 11.8 Å². The van der Waals surface area contributed by atoms with E-state index < -0.39 is 11.8 Å². The minimum absolute atomic E-state index is 0.0736. The van der Waals surface area contributed by atoms with E-state index in [2.05, 4.69) is 20.8 Å². The van der Waals surface area contributed by atoms with Gasteiger partial charge in [0.2, 0.25) is 5.82 Å². The van der Waals surface area contributed by atoms with Crippen LogP contribution >= 0.6 is 0 Å². The molecule has 0 aliphatic heterocycles. The number of rotatable bonds is 4. The van der Waals surface area contributed by atoms with Gasteiger partial charge in [0.15, 0.2) is 11.5 Å². The van der Waals surface area contributed by atoms with Crippen LogP contribution in [0.15, 0.2) is 65.3 Å². The van der Waals surface area contributed by atoms with Crippen molar-refractivity contribution in [1.29, 1.82) is 0 Å². The molecule has 27 heavy (non-hydrogen) atoms. The first-order valence-electron chi connectivity index (χ1n) is 8.20. The zero-order valence-electron chi connectivity index (χ0n) is 14.3. The summed E-state index contributed by atoms with van der Waals surface area (Å²) >= 11 is 0. The zero-order chi connectivity index (χ0) is 18.8. The summed E-state index contributed by atoms with van der Waals surface area (Å²) in [6, 6.07) is 15.9. The number of pyridine rings is 1. The summed E-state index contributed by atoms with van der Waals surface area (Å²) in [5.74, 6) is 0.0237. The number of nitrogens with zero attached hydrogens (tertiary/aromatic N) is 3. The molecule has 0 fully saturated rings. The number of benzene rings is 1. The van der Waals surface area contributed by atoms with Gasteiger partial charge in [-0.25, -0.2) is 4.98 Å². The standard InChI is InChI=1S/C19H15N5O3/c1-12-11-15(23-27-12)21-19(26)17-22-16(14-9-5-6-10-24(14)17)18(25)20-13-7-3-2-4-8-13/h2-11H,1H3,(H,20,25)(H,21,23,26). The van der Waals surface area contributed by atoms with E-state index in [-0.39, 0.29) is 17.3 Å². The molecule has 3 heterocycles. The lowest BCUT2D eigenvalue weighted by molar-refractivity contribution is 0.101. The predicted octanol–water partition coefficient (Wildman–Crippen LogP) is 3.14. The van der Waals surface area contributed by atoms with Crippen molar-refractivity contribution in [2.75, 3.05) is 10.6 Å². The van der Waals surface area contributed by atoms with E-state index in [4.69, 9.17) is 4.52 Å². The van der Waals surface area contributed by atoms with Gasteiger partial charge < -0.3 is 15.2 Å². The Balaban J connectivity index is 1.68. The van der Waals surface area contributed by atoms with Gasteiger partial charge >= 0.3 is 0 Å². The Kier molecular flexibility index (Phi) is 4.13. The summed E-state index contributed by atoms with van der Waals surface area (Å²) in [5, 5.41) is 9.13. The molecule has 4 rings (SSSR count). The molecule has 0 radical (unpaired) electrons. The second kappa shape index (κ2) is 6.75. The molecule has 0 aliphatic carbocycles. The summed E-state index contributed by atoms with van der Waals surface area (Å²) in [7, 11) is 0. The molecule has 0 unspecified atom stereocenters. The lowest BCUT2D eigenvalue weighted by Gasteiger charge is -2.02. The highest BCUT2D eigenvalue weighted by Crippen LogP contribution is 2.17. The number of nitrogens with one attached hydrogen (secondary N) is 2. The molecule has 1 aromatic carbocycles. The van der Waals surface area contributed by atoms with Crippen molar-refractivity contribution in [3.63, 3.8) is 0 Å². The summed E-state index contributed by atoms with van der Waals surface area (Å²) in [6.07, 6.45) is 1.67. The molecule has 0 spiro atoms. The van der Waals surface area contributed by atoms with E-state index in [1.54, 1.807) is 53.9 Å². The normalized spacial score (nSPS) is 10.7. The van der Waals surface area contributed by atoms with E-state index >= 15 is 0 Å². The second-order valence-electron chi connectivity index (χ2n) is 5.84. The van der Waals surface area contributed by atoms with Crippen LogP contribution < -0.4 is 10.6 Å². The van der Waals surface area contributed by atoms with Gasteiger partial charge in [0.1, 0.15) is 5.76 Å². The summed E-state index contributed by atoms with van der Waals surface area (Å²) in [6.45, 7) is 1.72. The van der Waals surface area contributed by atoms with Crippen molar-refractivity contribution < 1.29 is 14.1 Å². The molecule has 8 nitrogen and oxygen atoms in total. The first kappa shape index (κ1) is 16.5. The number of carbonyl (C=O) groups is 2. The number of imidazole rings is 1. The Morgan fingerprint density at radius 1 is 1.00 bits per heavy atom. The van der Waals surface area contributed by atoms with Crippen LogP contribution in [0.1, 0.15) is 26.9 Å². The van der Waals surface area contributed by atoms with E-state index in [0.717, 1.165) is 0 Å². The Morgan fingerprint density at radius 3 is 2.52 bits per heavy atom. The van der Waals surface area contributed by atoms with Crippen molar-refractivity contribution in [3.05, 3.63) is 78.1 Å². The maximum atomic E-state index is 12.7. The number of carbonyl (C=O) groups excluding carboxylic acids is 2. The molecule has 0 atom stereocenters. The lowest BCUT2D eigenvalue weighted by atomic mass is 10.3. The molecule has 2 amide bonds. The van der Waals surface area contributed by atoms with Crippen LogP contribution in [0.25, 0.3) is 5.52 Å². The van der Waals surface area contributed by atoms with Gasteiger partial charge in [-0.15, -0.1) is 0 Å². The highest BCUT2D eigenvalue weighted by atomic mass is 16.5. The van der Waals surface area contributed by atoms with Gasteiger partial charge in [-0.05, 0) is 31.2 Å². The van der Waals surface area contributed by atoms with Crippen LogP contribution in [-0.4, -0.2) is 26.4 Å². The van der Waals surface area contributed by atoms with E-state index in [9.17, 15) is 9.59 Å². The van der Waals surface area contributed by atoms with Crippen LogP contribution in [0, 0.1) is 6.92 Å². The number of fused-ring (bicyclic) bond motifs is 1. The Morgan fingerprint density at radius 2 is 1.78 bits per heavy atom. The molecule has 0 aliphatic rings. The molecule has 0 bridgehead atoms. The molecule has 3 aromatic heterocycles. The summed E-state index contributed by atoms with van der Waals surface area (Å²) in [5.41, 5.74) is 1.32. The fraction of sp³-hybridized carbons (Fsp3) is 0.0526. The van der Waals surface area contributed by atoms with E-state index in [1.165, 1.54) is 0 Å². The summed E-state index contributed by atoms with van der Waals surface area (Å²) in [4.78, 5) is 29.6. The van der Waals surface area contributed by atoms with Crippen LogP contribution in [-0.2, 0) is 0 Å². The van der Waals surface area contributed by atoms with Crippen LogP contribution in [0.4, 0.5) is 11.5 Å². The molecule has 0 saturated heterocycles. The number of para-hydroxylation sites is 1. The van der Waals surface area contributed by atoms with Crippen molar-refractivity contribution in [2.24, 2.45) is 0 Å². The van der Waals surface area contributed by atoms with Gasteiger partial charge in [-0.3, -0.25) is 14.0 Å². The number of hydrogen-bond acceptors (Lipinski definition) is 5. The molecular formula is C19H15N5O3. The average molecular weight is 361 g/mol. The summed E-state index contributed by atoms with van der Waals surface area (Å²) < 4.78 is 6.50. The monoisotopic (exact) mass is 361 g/mol. The third-order valence-electron chi connectivity index (χ3n) is 3.87. The minimum Gasteiger partial charge on any atom is -0.360 e. The first-order chi connectivity index (χ1) is 13.1. The van der Waals surface area contributed by atoms with E-state index in [1.807, 2.05) is 18.2 Å². The zero-order valence-corrected chi connectivity index (χ0v) is 14.3. The third-order valence-corrected chi connectivity index (χ3v) is 3.87. The molecule has 134 valence electrons. The molecule has 0 saturated carbocycles. The van der Waals surface area contributed by atoms with Crippen molar-refractivity contribution in [3.8, 4) is 0 Å². The van der Waals surface area contributed by atoms with Crippen molar-refractivity contribution >= 4 is 28.8 Å². The number of hydrogen-bond donors (Lipinski definition) is 2. The number of aromatic nitrogens is 3. The average Bonchev–Trinajstić information content (AvgIpc) is 3.26. The molecule has 2 N–H and O–H groups in total. The Labute approximate surface area is 153 Å². The minimum atomic E-state index is -0.497. The maximum absolute atomic E-state index is 12.7. The highest BCUT2D eigenvalue weighted by Gasteiger charge is 2.22. The predicted molar refractivity (Wildman–Crippen MR) is 98.8 cm³/mol. The van der Waals surface area contributed by atoms with Gasteiger partial charge in [0, 0.05) is 18.0 Å². The smallest absolute Gasteiger partial charge is 0.293 e. The quantitative estimate of drug-likeness (QED) is 0.581. The SMILES string of the molecule is Cc1cc(NC(=O)c2nc(C(=O)Nc3ccccc3)c3ccccn23)no1. The second-order valence-corrected chi connectivity index (χ2v) is 5.84. The number of aryl methyl sites for hydroxylation is 1. The fourth-order valence-corrected chi connectivity index (χ4v) is 2.67. The molecular weight excluding hydrogens is 346 g/mol. The van der Waals surface area contributed by atoms with Crippen molar-refractivity contribution in [1.82, 2.24) is 14.5 Å². The topological polar surface area (TPSA) is 102 Å². The van der Waals surface area contributed by atoms with Crippen molar-refractivity contribution in [2.45, 2.75) is 6.92 Å². The van der Waals surface area contributed by atoms with E-state index in [0.29, 0.717) is 17.0 Å². The highest BCUT2D eigenvalue weighted by molar-refractivity contribution is 6.10. The molecule has 4 aromatic rings. The first-order valence-corrected chi connectivity index (χ1v) is 8.20. The van der Waals surface area contributed by atoms with Gasteiger partial charge in [-0.2, -0.15) is 0 Å². The fourth-order valence-electron chi connectivity index (χ4n) is 2.67. The number of amides is 2. The van der Waals surface area contributed by atoms with Gasteiger partial charge in [0.05, 0.1) is 5.52 Å². The van der Waals surface area contributed by atoms with Crippen LogP contribution in [0.2, 0.25) is 0 Å². The largest absolute Gasteiger partial charge is 0.360 e. The molecule has 8 heteroatoms. The Bertz CT molecular complexity index is 1130.